The first-order valence-electron chi connectivity index (χ1n) is 12.4. The van der Waals surface area contributed by atoms with Crippen LogP contribution in [0.5, 0.6) is 5.75 Å². The van der Waals surface area contributed by atoms with Gasteiger partial charge in [-0.2, -0.15) is 13.2 Å². The molecule has 2 aromatic rings. The number of unbranched alkanes of at least 4 members (excludes halogenated alkanes) is 2. The van der Waals surface area contributed by atoms with Crippen molar-refractivity contribution in [2.75, 3.05) is 19.0 Å². The maximum Gasteiger partial charge on any atom is 0.416 e. The fraction of sp³-hybridized carbons (Fsp3) is 0.577. The van der Waals surface area contributed by atoms with Crippen LogP contribution in [-0.4, -0.2) is 46.1 Å². The maximum absolute atomic E-state index is 13.1. The number of carboxylic acid groups (broad SMARTS) is 1. The Morgan fingerprint density at radius 1 is 1.11 bits per heavy atom. The quantitative estimate of drug-likeness (QED) is 0.243. The van der Waals surface area contributed by atoms with Gasteiger partial charge < -0.3 is 20.3 Å². The van der Waals surface area contributed by atoms with Crippen molar-refractivity contribution in [1.82, 2.24) is 10.2 Å². The molecule has 36 heavy (non-hydrogen) atoms. The molecule has 0 bridgehead atoms. The second kappa shape index (κ2) is 14.0. The standard InChI is InChI=1S/C26H36F3N3O4/c1-4-6-7-9-18(5-2)30-25-20(13-14-23(34)35)19(10-8-15-36-3)24(31-32-25)21-12-11-17(16-22(21)33)26(27,28)29/h11-12,16,18,33H,4-10,13-15H2,1-3H3,(H,30,32)(H,34,35). The first kappa shape index (κ1) is 29.4. The zero-order chi connectivity index (χ0) is 26.7. The summed E-state index contributed by atoms with van der Waals surface area (Å²) in [5, 5.41) is 31.9. The van der Waals surface area contributed by atoms with E-state index in [0.717, 1.165) is 38.2 Å². The summed E-state index contributed by atoms with van der Waals surface area (Å²) in [5.41, 5.74) is 0.666. The fourth-order valence-electron chi connectivity index (χ4n) is 4.12. The van der Waals surface area contributed by atoms with E-state index in [1.165, 1.54) is 6.07 Å². The number of ether oxygens (including phenoxy) is 1. The Morgan fingerprint density at radius 2 is 1.86 bits per heavy atom. The number of carboxylic acids is 1. The van der Waals surface area contributed by atoms with Gasteiger partial charge >= 0.3 is 12.1 Å². The highest BCUT2D eigenvalue weighted by Gasteiger charge is 2.32. The molecule has 0 radical (unpaired) electrons. The van der Waals surface area contributed by atoms with Gasteiger partial charge in [0.1, 0.15) is 11.4 Å². The number of alkyl halides is 3. The number of rotatable bonds is 15. The van der Waals surface area contributed by atoms with Crippen LogP contribution < -0.4 is 5.32 Å². The number of methoxy groups -OCH3 is 1. The van der Waals surface area contributed by atoms with E-state index in [4.69, 9.17) is 4.74 Å². The largest absolute Gasteiger partial charge is 0.507 e. The van der Waals surface area contributed by atoms with Crippen LogP contribution in [0.15, 0.2) is 18.2 Å². The smallest absolute Gasteiger partial charge is 0.416 e. The monoisotopic (exact) mass is 511 g/mol. The van der Waals surface area contributed by atoms with Crippen molar-refractivity contribution in [1.29, 1.82) is 0 Å². The zero-order valence-corrected chi connectivity index (χ0v) is 21.1. The topological polar surface area (TPSA) is 105 Å². The van der Waals surface area contributed by atoms with Crippen LogP contribution >= 0.6 is 0 Å². The number of halogens is 3. The van der Waals surface area contributed by atoms with Crippen LogP contribution in [0.2, 0.25) is 0 Å². The second-order valence-electron chi connectivity index (χ2n) is 8.82. The maximum atomic E-state index is 13.1. The van der Waals surface area contributed by atoms with Gasteiger partial charge in [0.25, 0.3) is 0 Å². The molecule has 1 aromatic heterocycles. The van der Waals surface area contributed by atoms with Crippen LogP contribution in [0.4, 0.5) is 19.0 Å². The molecule has 1 aromatic carbocycles. The van der Waals surface area contributed by atoms with Crippen molar-refractivity contribution in [2.45, 2.75) is 83.9 Å². The summed E-state index contributed by atoms with van der Waals surface area (Å²) in [4.78, 5) is 11.4. The molecule has 1 heterocycles. The average molecular weight is 512 g/mol. The first-order chi connectivity index (χ1) is 17.1. The molecule has 200 valence electrons. The van der Waals surface area contributed by atoms with E-state index in [1.54, 1.807) is 7.11 Å². The third-order valence-corrected chi connectivity index (χ3v) is 6.12. The molecule has 0 saturated heterocycles. The molecule has 0 aliphatic heterocycles. The lowest BCUT2D eigenvalue weighted by molar-refractivity contribution is -0.138. The number of benzene rings is 1. The molecular weight excluding hydrogens is 475 g/mol. The van der Waals surface area contributed by atoms with Crippen LogP contribution in [0.1, 0.15) is 75.5 Å². The molecule has 1 atom stereocenters. The third-order valence-electron chi connectivity index (χ3n) is 6.12. The van der Waals surface area contributed by atoms with E-state index >= 15 is 0 Å². The summed E-state index contributed by atoms with van der Waals surface area (Å²) >= 11 is 0. The van der Waals surface area contributed by atoms with Crippen molar-refractivity contribution < 1.29 is 32.9 Å². The average Bonchev–Trinajstić information content (AvgIpc) is 2.82. The van der Waals surface area contributed by atoms with E-state index in [9.17, 15) is 28.2 Å². The Kier molecular flexibility index (Phi) is 11.4. The van der Waals surface area contributed by atoms with E-state index in [2.05, 4.69) is 29.4 Å². The van der Waals surface area contributed by atoms with E-state index < -0.39 is 23.5 Å². The van der Waals surface area contributed by atoms with Gasteiger partial charge in [0.05, 0.1) is 5.56 Å². The van der Waals surface area contributed by atoms with Gasteiger partial charge in [-0.1, -0.05) is 33.1 Å². The molecule has 0 fully saturated rings. The summed E-state index contributed by atoms with van der Waals surface area (Å²) in [5.74, 6) is -1.07. The van der Waals surface area contributed by atoms with E-state index in [1.807, 2.05) is 0 Å². The molecule has 1 unspecified atom stereocenters. The molecule has 3 N–H and O–H groups in total. The lowest BCUT2D eigenvalue weighted by Crippen LogP contribution is -2.22. The van der Waals surface area contributed by atoms with Gasteiger partial charge in [-0.05, 0) is 55.9 Å². The molecule has 2 rings (SSSR count). The number of phenols is 1. The molecule has 0 saturated carbocycles. The summed E-state index contributed by atoms with van der Waals surface area (Å²) in [6.07, 6.45) is 1.40. The van der Waals surface area contributed by atoms with Crippen molar-refractivity contribution in [3.05, 3.63) is 34.9 Å². The highest BCUT2D eigenvalue weighted by molar-refractivity contribution is 5.74. The van der Waals surface area contributed by atoms with Gasteiger partial charge in [0, 0.05) is 37.3 Å². The number of hydrogen-bond donors (Lipinski definition) is 3. The molecule has 0 aliphatic rings. The first-order valence-corrected chi connectivity index (χ1v) is 12.4. The number of aromatic hydroxyl groups is 1. The van der Waals surface area contributed by atoms with Crippen LogP contribution in [0.25, 0.3) is 11.3 Å². The van der Waals surface area contributed by atoms with Gasteiger partial charge in [-0.15, -0.1) is 10.2 Å². The van der Waals surface area contributed by atoms with Gasteiger partial charge in [0.2, 0.25) is 0 Å². The van der Waals surface area contributed by atoms with Crippen molar-refractivity contribution >= 4 is 11.8 Å². The van der Waals surface area contributed by atoms with Gasteiger partial charge in [-0.25, -0.2) is 0 Å². The number of nitrogens with zero attached hydrogens (tertiary/aromatic N) is 2. The number of aromatic nitrogens is 2. The predicted molar refractivity (Wildman–Crippen MR) is 132 cm³/mol. The number of phenolic OH excluding ortho intramolecular Hbond substituents is 1. The molecule has 10 heteroatoms. The number of hydrogen-bond acceptors (Lipinski definition) is 6. The summed E-state index contributed by atoms with van der Waals surface area (Å²) in [6.45, 7) is 4.62. The Bertz CT molecular complexity index is 999. The number of nitrogens with one attached hydrogen (secondary N) is 1. The van der Waals surface area contributed by atoms with Gasteiger partial charge in [-0.3, -0.25) is 4.79 Å². The molecule has 0 aliphatic carbocycles. The minimum absolute atomic E-state index is 0.112. The van der Waals surface area contributed by atoms with Gasteiger partial charge in [0.15, 0.2) is 5.82 Å². The highest BCUT2D eigenvalue weighted by Crippen LogP contribution is 2.38. The lowest BCUT2D eigenvalue weighted by Gasteiger charge is -2.22. The molecule has 7 nitrogen and oxygen atoms in total. The van der Waals surface area contributed by atoms with Crippen molar-refractivity contribution in [2.24, 2.45) is 0 Å². The lowest BCUT2D eigenvalue weighted by atomic mass is 9.93. The number of anilines is 1. The Hall–Kier alpha value is -2.88. The van der Waals surface area contributed by atoms with E-state index in [-0.39, 0.29) is 30.1 Å². The van der Waals surface area contributed by atoms with Crippen LogP contribution in [-0.2, 0) is 28.5 Å². The van der Waals surface area contributed by atoms with Crippen LogP contribution in [0, 0.1) is 0 Å². The minimum Gasteiger partial charge on any atom is -0.507 e. The molecular formula is C26H36F3N3O4. The van der Waals surface area contributed by atoms with E-state index in [0.29, 0.717) is 42.5 Å². The summed E-state index contributed by atoms with van der Waals surface area (Å²) in [7, 11) is 1.56. The van der Waals surface area contributed by atoms with Crippen molar-refractivity contribution in [3.8, 4) is 17.0 Å². The minimum atomic E-state index is -4.60. The SMILES string of the molecule is CCCCCC(CC)Nc1nnc(-c2ccc(C(F)(F)F)cc2O)c(CCCOC)c1CCC(=O)O. The molecule has 0 amide bonds. The number of carbonyl (C=O) groups is 1. The predicted octanol–water partition coefficient (Wildman–Crippen LogP) is 6.24. The summed E-state index contributed by atoms with van der Waals surface area (Å²) < 4.78 is 44.6. The third kappa shape index (κ3) is 8.36. The van der Waals surface area contributed by atoms with Crippen LogP contribution in [0.3, 0.4) is 0 Å². The number of aliphatic carboxylic acids is 1. The zero-order valence-electron chi connectivity index (χ0n) is 21.1. The highest BCUT2D eigenvalue weighted by atomic mass is 19.4. The fourth-order valence-corrected chi connectivity index (χ4v) is 4.12. The summed E-state index contributed by atoms with van der Waals surface area (Å²) in [6, 6.07) is 2.85. The Balaban J connectivity index is 2.59. The second-order valence-corrected chi connectivity index (χ2v) is 8.82. The Morgan fingerprint density at radius 3 is 2.44 bits per heavy atom. The normalized spacial score (nSPS) is 12.5. The van der Waals surface area contributed by atoms with Crippen molar-refractivity contribution in [3.63, 3.8) is 0 Å². The Labute approximate surface area is 210 Å². The molecule has 0 spiro atoms.